The summed E-state index contributed by atoms with van der Waals surface area (Å²) in [6.07, 6.45) is 0. The Kier molecular flexibility index (Phi) is 3.42. The number of halogens is 1. The van der Waals surface area contributed by atoms with Crippen LogP contribution in [0.4, 0.5) is 0 Å². The molecule has 0 radical (unpaired) electrons. The van der Waals surface area contributed by atoms with E-state index < -0.39 is 5.97 Å². The summed E-state index contributed by atoms with van der Waals surface area (Å²) in [7, 11) is 2.95. The predicted molar refractivity (Wildman–Crippen MR) is 68.0 cm³/mol. The van der Waals surface area contributed by atoms with Crippen molar-refractivity contribution in [3.05, 3.63) is 28.0 Å². The average molecular weight is 311 g/mol. The Morgan fingerprint density at radius 2 is 2.17 bits per heavy atom. The molecule has 0 unspecified atom stereocenters. The van der Waals surface area contributed by atoms with Crippen molar-refractivity contribution in [2.24, 2.45) is 7.05 Å². The van der Waals surface area contributed by atoms with Crippen LogP contribution in [0.3, 0.4) is 0 Å². The van der Waals surface area contributed by atoms with Gasteiger partial charge in [-0.05, 0) is 35.0 Å². The Hall–Kier alpha value is -1.76. The van der Waals surface area contributed by atoms with Crippen LogP contribution in [-0.2, 0) is 11.8 Å². The van der Waals surface area contributed by atoms with Gasteiger partial charge in [-0.25, -0.2) is 9.48 Å². The number of nitrogens with zero attached hydrogens (tertiary/aromatic N) is 4. The Labute approximate surface area is 112 Å². The third kappa shape index (κ3) is 2.13. The minimum absolute atomic E-state index is 0.284. The second kappa shape index (κ2) is 4.85. The highest BCUT2D eigenvalue weighted by Crippen LogP contribution is 2.23. The highest BCUT2D eigenvalue weighted by molar-refractivity contribution is 9.10. The molecule has 0 fully saturated rings. The molecule has 94 valence electrons. The zero-order valence-electron chi connectivity index (χ0n) is 10.1. The molecule has 0 aliphatic carbocycles. The summed E-state index contributed by atoms with van der Waals surface area (Å²) >= 11 is 3.37. The number of carbonyl (C=O) groups excluding carboxylic acids is 1. The standard InChI is InChI=1S/C11H11BrN4O2/c1-6-7(12)4-5-8(13-6)9-10(11(17)18-3)16(2)15-14-9/h4-5H,1-3H3. The van der Waals surface area contributed by atoms with Crippen molar-refractivity contribution in [2.75, 3.05) is 7.11 Å². The van der Waals surface area contributed by atoms with E-state index in [2.05, 4.69) is 31.2 Å². The van der Waals surface area contributed by atoms with Crippen LogP contribution in [0, 0.1) is 6.92 Å². The van der Waals surface area contributed by atoms with Crippen LogP contribution in [0.1, 0.15) is 16.2 Å². The third-order valence-corrected chi connectivity index (χ3v) is 3.31. The number of aromatic nitrogens is 4. The lowest BCUT2D eigenvalue weighted by Crippen LogP contribution is -2.10. The smallest absolute Gasteiger partial charge is 0.358 e. The zero-order valence-corrected chi connectivity index (χ0v) is 11.7. The highest BCUT2D eigenvalue weighted by Gasteiger charge is 2.21. The van der Waals surface area contributed by atoms with Gasteiger partial charge >= 0.3 is 5.97 Å². The molecule has 18 heavy (non-hydrogen) atoms. The molecule has 2 heterocycles. The van der Waals surface area contributed by atoms with Crippen molar-refractivity contribution in [1.29, 1.82) is 0 Å². The lowest BCUT2D eigenvalue weighted by Gasteiger charge is -2.03. The van der Waals surface area contributed by atoms with E-state index in [1.807, 2.05) is 13.0 Å². The van der Waals surface area contributed by atoms with E-state index >= 15 is 0 Å². The molecule has 0 bridgehead atoms. The van der Waals surface area contributed by atoms with Crippen molar-refractivity contribution in [2.45, 2.75) is 6.92 Å². The van der Waals surface area contributed by atoms with Gasteiger partial charge in [-0.15, -0.1) is 5.10 Å². The molecular weight excluding hydrogens is 300 g/mol. The van der Waals surface area contributed by atoms with Crippen LogP contribution in [0.5, 0.6) is 0 Å². The van der Waals surface area contributed by atoms with Gasteiger partial charge in [0.15, 0.2) is 5.69 Å². The maximum atomic E-state index is 11.7. The molecule has 0 amide bonds. The number of aryl methyl sites for hydroxylation is 2. The Bertz CT molecular complexity index is 609. The van der Waals surface area contributed by atoms with Crippen LogP contribution in [-0.4, -0.2) is 33.1 Å². The van der Waals surface area contributed by atoms with Gasteiger partial charge in [0.25, 0.3) is 0 Å². The molecule has 0 atom stereocenters. The fourth-order valence-electron chi connectivity index (χ4n) is 1.53. The molecule has 6 nitrogen and oxygen atoms in total. The van der Waals surface area contributed by atoms with E-state index in [-0.39, 0.29) is 5.69 Å². The van der Waals surface area contributed by atoms with Gasteiger partial charge in [-0.1, -0.05) is 5.21 Å². The lowest BCUT2D eigenvalue weighted by molar-refractivity contribution is 0.0589. The molecule has 2 aromatic heterocycles. The lowest BCUT2D eigenvalue weighted by atomic mass is 10.2. The van der Waals surface area contributed by atoms with E-state index in [1.165, 1.54) is 11.8 Å². The van der Waals surface area contributed by atoms with Crippen molar-refractivity contribution < 1.29 is 9.53 Å². The molecule has 0 aromatic carbocycles. The molecular formula is C11H11BrN4O2. The first-order chi connectivity index (χ1) is 8.54. The number of hydrogen-bond acceptors (Lipinski definition) is 5. The molecule has 2 aromatic rings. The molecule has 0 spiro atoms. The number of methoxy groups -OCH3 is 1. The summed E-state index contributed by atoms with van der Waals surface area (Å²) in [5, 5.41) is 7.79. The fraction of sp³-hybridized carbons (Fsp3) is 0.273. The van der Waals surface area contributed by atoms with E-state index in [4.69, 9.17) is 4.74 Å². The summed E-state index contributed by atoms with van der Waals surface area (Å²) in [6, 6.07) is 3.63. The second-order valence-electron chi connectivity index (χ2n) is 3.67. The molecule has 7 heteroatoms. The first kappa shape index (κ1) is 12.7. The Morgan fingerprint density at radius 1 is 1.44 bits per heavy atom. The average Bonchev–Trinajstić information content (AvgIpc) is 2.74. The van der Waals surface area contributed by atoms with Gasteiger partial charge in [0.2, 0.25) is 0 Å². The van der Waals surface area contributed by atoms with Gasteiger partial charge in [-0.2, -0.15) is 0 Å². The van der Waals surface area contributed by atoms with E-state index in [0.29, 0.717) is 11.4 Å². The van der Waals surface area contributed by atoms with Crippen molar-refractivity contribution in [3.8, 4) is 11.4 Å². The molecule has 2 rings (SSSR count). The van der Waals surface area contributed by atoms with Gasteiger partial charge in [0.1, 0.15) is 5.69 Å². The highest BCUT2D eigenvalue weighted by atomic mass is 79.9. The quantitative estimate of drug-likeness (QED) is 0.790. The van der Waals surface area contributed by atoms with Crippen LogP contribution in [0.15, 0.2) is 16.6 Å². The predicted octanol–water partition coefficient (Wildman–Crippen LogP) is 1.73. The topological polar surface area (TPSA) is 69.9 Å². The number of ether oxygens (including phenoxy) is 1. The van der Waals surface area contributed by atoms with E-state index in [9.17, 15) is 4.79 Å². The summed E-state index contributed by atoms with van der Waals surface area (Å²) in [4.78, 5) is 16.0. The number of hydrogen-bond donors (Lipinski definition) is 0. The van der Waals surface area contributed by atoms with Gasteiger partial charge in [0, 0.05) is 11.5 Å². The van der Waals surface area contributed by atoms with E-state index in [0.717, 1.165) is 10.2 Å². The van der Waals surface area contributed by atoms with Gasteiger partial charge < -0.3 is 4.74 Å². The maximum absolute atomic E-state index is 11.7. The minimum Gasteiger partial charge on any atom is -0.464 e. The fourth-order valence-corrected chi connectivity index (χ4v) is 1.75. The summed E-state index contributed by atoms with van der Waals surface area (Å²) in [5.74, 6) is -0.486. The van der Waals surface area contributed by atoms with E-state index in [1.54, 1.807) is 13.1 Å². The zero-order chi connectivity index (χ0) is 13.3. The molecule has 0 saturated heterocycles. The van der Waals surface area contributed by atoms with Crippen LogP contribution < -0.4 is 0 Å². The molecule has 0 N–H and O–H groups in total. The largest absolute Gasteiger partial charge is 0.464 e. The first-order valence-corrected chi connectivity index (χ1v) is 5.95. The normalized spacial score (nSPS) is 10.4. The van der Waals surface area contributed by atoms with Crippen molar-refractivity contribution >= 4 is 21.9 Å². The number of pyridine rings is 1. The van der Waals surface area contributed by atoms with Gasteiger partial charge in [-0.3, -0.25) is 4.98 Å². The summed E-state index contributed by atoms with van der Waals surface area (Å²) in [5.41, 5.74) is 2.10. The number of carbonyl (C=O) groups is 1. The monoisotopic (exact) mass is 310 g/mol. The first-order valence-electron chi connectivity index (χ1n) is 5.16. The summed E-state index contributed by atoms with van der Waals surface area (Å²) in [6.45, 7) is 1.86. The molecule has 0 saturated carbocycles. The molecule has 0 aliphatic heterocycles. The van der Waals surface area contributed by atoms with Crippen molar-refractivity contribution in [3.63, 3.8) is 0 Å². The SMILES string of the molecule is COC(=O)c1c(-c2ccc(Br)c(C)n2)nnn1C. The Balaban J connectivity index is 2.57. The minimum atomic E-state index is -0.486. The molecule has 0 aliphatic rings. The third-order valence-electron chi connectivity index (χ3n) is 2.47. The van der Waals surface area contributed by atoms with Crippen LogP contribution >= 0.6 is 15.9 Å². The second-order valence-corrected chi connectivity index (χ2v) is 4.52. The summed E-state index contributed by atoms with van der Waals surface area (Å²) < 4.78 is 6.99. The Morgan fingerprint density at radius 3 is 2.78 bits per heavy atom. The van der Waals surface area contributed by atoms with Crippen molar-refractivity contribution in [1.82, 2.24) is 20.0 Å². The maximum Gasteiger partial charge on any atom is 0.358 e. The van der Waals surface area contributed by atoms with Crippen LogP contribution in [0.25, 0.3) is 11.4 Å². The number of rotatable bonds is 2. The van der Waals surface area contributed by atoms with Crippen LogP contribution in [0.2, 0.25) is 0 Å². The number of esters is 1. The van der Waals surface area contributed by atoms with Gasteiger partial charge in [0.05, 0.1) is 18.5 Å².